The highest BCUT2D eigenvalue weighted by molar-refractivity contribution is 6.29. The van der Waals surface area contributed by atoms with Gasteiger partial charge in [0.05, 0.1) is 17.4 Å². The second kappa shape index (κ2) is 5.72. The summed E-state index contributed by atoms with van der Waals surface area (Å²) >= 11 is 0. The molecule has 2 aromatic rings. The number of allylic oxidation sites excluding steroid dienone is 1. The molecule has 0 saturated carbocycles. The number of Topliss-reactive ketones (excluding diaryl/α,β-unsaturated/α-hetero) is 2. The van der Waals surface area contributed by atoms with E-state index in [0.717, 1.165) is 0 Å². The number of aliphatic hydroxyl groups excluding tert-OH is 1. The Morgan fingerprint density at radius 3 is 2.20 bits per heavy atom. The van der Waals surface area contributed by atoms with Crippen molar-refractivity contribution in [1.29, 1.82) is 0 Å². The van der Waals surface area contributed by atoms with E-state index in [0.29, 0.717) is 16.9 Å². The highest BCUT2D eigenvalue weighted by Gasteiger charge is 2.40. The number of carbonyl (C=O) groups excluding carboxylic acids is 2. The summed E-state index contributed by atoms with van der Waals surface area (Å²) in [6.07, 6.45) is -1.09. The van der Waals surface area contributed by atoms with Crippen molar-refractivity contribution in [3.05, 3.63) is 88.3 Å². The molecule has 0 saturated heterocycles. The molecule has 3 N–H and O–H groups in total. The van der Waals surface area contributed by atoms with Crippen LogP contribution in [0.5, 0.6) is 5.75 Å². The molecular formula is C20H15NO4. The average Bonchev–Trinajstić information content (AvgIpc) is 2.63. The zero-order valence-corrected chi connectivity index (χ0v) is 13.2. The van der Waals surface area contributed by atoms with Gasteiger partial charge in [-0.25, -0.2) is 0 Å². The lowest BCUT2D eigenvalue weighted by Crippen LogP contribution is -2.36. The number of rotatable bonds is 2. The van der Waals surface area contributed by atoms with E-state index in [-0.39, 0.29) is 40.6 Å². The molecule has 5 nitrogen and oxygen atoms in total. The fourth-order valence-corrected chi connectivity index (χ4v) is 3.23. The smallest absolute Gasteiger partial charge is 0.196 e. The number of carbonyl (C=O) groups is 2. The van der Waals surface area contributed by atoms with Crippen LogP contribution in [0.1, 0.15) is 27.1 Å². The Balaban J connectivity index is 1.83. The maximum absolute atomic E-state index is 12.9. The lowest BCUT2D eigenvalue weighted by Gasteiger charge is -2.30. The number of aliphatic hydroxyl groups is 1. The van der Waals surface area contributed by atoms with E-state index in [1.165, 1.54) is 0 Å². The predicted octanol–water partition coefficient (Wildman–Crippen LogP) is 2.38. The molecule has 0 radical (unpaired) electrons. The van der Waals surface area contributed by atoms with Crippen molar-refractivity contribution in [2.75, 3.05) is 0 Å². The Bertz CT molecular complexity index is 957. The molecule has 0 aliphatic heterocycles. The first-order valence-electron chi connectivity index (χ1n) is 7.90. The van der Waals surface area contributed by atoms with Crippen LogP contribution in [0.15, 0.2) is 77.2 Å². The second-order valence-electron chi connectivity index (χ2n) is 5.96. The van der Waals surface area contributed by atoms with E-state index in [1.807, 2.05) is 18.2 Å². The van der Waals surface area contributed by atoms with Gasteiger partial charge in [0, 0.05) is 23.1 Å². The molecule has 0 aromatic heterocycles. The van der Waals surface area contributed by atoms with Gasteiger partial charge in [0.25, 0.3) is 0 Å². The number of benzene rings is 2. The summed E-state index contributed by atoms with van der Waals surface area (Å²) in [5.41, 5.74) is 6.97. The third kappa shape index (κ3) is 2.37. The van der Waals surface area contributed by atoms with Crippen molar-refractivity contribution >= 4 is 11.6 Å². The molecule has 25 heavy (non-hydrogen) atoms. The van der Waals surface area contributed by atoms with Crippen LogP contribution in [-0.2, 0) is 0 Å². The number of ether oxygens (including phenoxy) is 1. The quantitative estimate of drug-likeness (QED) is 0.881. The van der Waals surface area contributed by atoms with Gasteiger partial charge < -0.3 is 15.6 Å². The molecule has 4 rings (SSSR count). The third-order valence-electron chi connectivity index (χ3n) is 4.42. The molecular weight excluding hydrogens is 318 g/mol. The Morgan fingerprint density at radius 2 is 1.52 bits per heavy atom. The summed E-state index contributed by atoms with van der Waals surface area (Å²) in [7, 11) is 0. The van der Waals surface area contributed by atoms with E-state index >= 15 is 0 Å². The largest absolute Gasteiger partial charge is 0.459 e. The number of fused-ring (bicyclic) bond motifs is 1. The normalized spacial score (nSPS) is 19.6. The van der Waals surface area contributed by atoms with Gasteiger partial charge >= 0.3 is 0 Å². The molecule has 0 bridgehead atoms. The molecule has 0 amide bonds. The van der Waals surface area contributed by atoms with Crippen LogP contribution in [0.4, 0.5) is 0 Å². The maximum Gasteiger partial charge on any atom is 0.196 e. The molecule has 2 aromatic carbocycles. The maximum atomic E-state index is 12.9. The van der Waals surface area contributed by atoms with Crippen molar-refractivity contribution in [2.45, 2.75) is 12.5 Å². The van der Waals surface area contributed by atoms with Crippen LogP contribution >= 0.6 is 0 Å². The Hall–Kier alpha value is -3.18. The fourth-order valence-electron chi connectivity index (χ4n) is 3.23. The van der Waals surface area contributed by atoms with Crippen molar-refractivity contribution in [3.63, 3.8) is 0 Å². The fraction of sp³-hybridized carbons (Fsp3) is 0.100. The van der Waals surface area contributed by atoms with Crippen LogP contribution in [-0.4, -0.2) is 22.8 Å². The van der Waals surface area contributed by atoms with Crippen molar-refractivity contribution in [1.82, 2.24) is 0 Å². The van der Waals surface area contributed by atoms with E-state index in [1.54, 1.807) is 36.4 Å². The Kier molecular flexibility index (Phi) is 3.51. The van der Waals surface area contributed by atoms with Crippen molar-refractivity contribution < 1.29 is 19.4 Å². The molecule has 2 aliphatic carbocycles. The Labute approximate surface area is 144 Å². The van der Waals surface area contributed by atoms with E-state index in [2.05, 4.69) is 0 Å². The molecule has 5 heteroatoms. The molecule has 2 aliphatic rings. The average molecular weight is 333 g/mol. The van der Waals surface area contributed by atoms with Gasteiger partial charge in [-0.3, -0.25) is 9.59 Å². The zero-order valence-electron chi connectivity index (χ0n) is 13.2. The van der Waals surface area contributed by atoms with Gasteiger partial charge in [0.15, 0.2) is 11.6 Å². The van der Waals surface area contributed by atoms with Crippen LogP contribution in [0.3, 0.4) is 0 Å². The first-order valence-corrected chi connectivity index (χ1v) is 7.90. The van der Waals surface area contributed by atoms with Crippen LogP contribution in [0.25, 0.3) is 0 Å². The summed E-state index contributed by atoms with van der Waals surface area (Å²) in [5, 5.41) is 10.5. The lowest BCUT2D eigenvalue weighted by atomic mass is 9.77. The van der Waals surface area contributed by atoms with Crippen molar-refractivity contribution in [3.8, 4) is 5.75 Å². The van der Waals surface area contributed by atoms with Crippen molar-refractivity contribution in [2.24, 2.45) is 5.73 Å². The highest BCUT2D eigenvalue weighted by atomic mass is 16.5. The summed E-state index contributed by atoms with van der Waals surface area (Å²) in [5.74, 6) is 0.111. The predicted molar refractivity (Wildman–Crippen MR) is 91.0 cm³/mol. The topological polar surface area (TPSA) is 89.6 Å². The number of nitrogens with two attached hydrogens (primary N) is 1. The van der Waals surface area contributed by atoms with Gasteiger partial charge in [0.1, 0.15) is 11.5 Å². The summed E-state index contributed by atoms with van der Waals surface area (Å²) in [6.45, 7) is 0. The first-order chi connectivity index (χ1) is 12.1. The molecule has 0 fully saturated rings. The summed E-state index contributed by atoms with van der Waals surface area (Å²) in [4.78, 5) is 25.6. The van der Waals surface area contributed by atoms with Crippen LogP contribution in [0, 0.1) is 0 Å². The highest BCUT2D eigenvalue weighted by Crippen LogP contribution is 2.37. The minimum Gasteiger partial charge on any atom is -0.459 e. The number of hydrogen-bond donors (Lipinski definition) is 2. The Morgan fingerprint density at radius 1 is 0.920 bits per heavy atom. The molecule has 0 spiro atoms. The lowest BCUT2D eigenvalue weighted by molar-refractivity contribution is 0.0926. The van der Waals surface area contributed by atoms with E-state index in [4.69, 9.17) is 10.5 Å². The SMILES string of the molecule is NC1=C(Oc2ccccc2)CC(O)C2=C1C(=O)c1ccccc1C2=O. The van der Waals surface area contributed by atoms with Gasteiger partial charge in [0.2, 0.25) is 0 Å². The minimum absolute atomic E-state index is 0.0424. The summed E-state index contributed by atoms with van der Waals surface area (Å²) in [6, 6.07) is 15.5. The first kappa shape index (κ1) is 15.4. The third-order valence-corrected chi connectivity index (χ3v) is 4.42. The van der Waals surface area contributed by atoms with E-state index in [9.17, 15) is 14.7 Å². The number of hydrogen-bond acceptors (Lipinski definition) is 5. The monoisotopic (exact) mass is 333 g/mol. The van der Waals surface area contributed by atoms with Crippen LogP contribution in [0.2, 0.25) is 0 Å². The number of ketones is 2. The van der Waals surface area contributed by atoms with Gasteiger partial charge in [-0.15, -0.1) is 0 Å². The van der Waals surface area contributed by atoms with Gasteiger partial charge in [-0.05, 0) is 12.1 Å². The summed E-state index contributed by atoms with van der Waals surface area (Å²) < 4.78 is 5.76. The molecule has 1 atom stereocenters. The van der Waals surface area contributed by atoms with Gasteiger partial charge in [-0.2, -0.15) is 0 Å². The van der Waals surface area contributed by atoms with Gasteiger partial charge in [-0.1, -0.05) is 42.5 Å². The molecule has 0 heterocycles. The number of para-hydroxylation sites is 1. The van der Waals surface area contributed by atoms with Crippen LogP contribution < -0.4 is 10.5 Å². The minimum atomic E-state index is -1.13. The second-order valence-corrected chi connectivity index (χ2v) is 5.96. The van der Waals surface area contributed by atoms with E-state index < -0.39 is 6.10 Å². The standard InChI is InChI=1S/C20H15NO4/c21-18-15(25-11-6-2-1-3-7-11)10-14(22)16-17(18)20(24)13-9-5-4-8-12(13)19(16)23/h1-9,14,22H,10,21H2. The molecule has 124 valence electrons. The zero-order chi connectivity index (χ0) is 17.6. The molecule has 1 unspecified atom stereocenters.